The second-order valence-electron chi connectivity index (χ2n) is 4.79. The largest absolute Gasteiger partial charge is 0.478 e. The summed E-state index contributed by atoms with van der Waals surface area (Å²) < 4.78 is 0. The molecule has 1 heterocycles. The van der Waals surface area contributed by atoms with E-state index < -0.39 is 5.97 Å². The number of carbonyl (C=O) groups is 1. The SMILES string of the molecule is Cc1cc(Cl)cc2c(C(=O)O)cc(C3CC3)nc12. The van der Waals surface area contributed by atoms with Crippen molar-refractivity contribution in [3.05, 3.63) is 40.0 Å². The Morgan fingerprint density at radius 3 is 2.72 bits per heavy atom. The number of hydrogen-bond donors (Lipinski definition) is 1. The predicted octanol–water partition coefficient (Wildman–Crippen LogP) is 3.77. The third kappa shape index (κ3) is 1.85. The second kappa shape index (κ2) is 3.95. The van der Waals surface area contributed by atoms with E-state index in [0.717, 1.165) is 29.6 Å². The van der Waals surface area contributed by atoms with Gasteiger partial charge in [-0.1, -0.05) is 11.6 Å². The van der Waals surface area contributed by atoms with Crippen molar-refractivity contribution in [1.82, 2.24) is 4.98 Å². The highest BCUT2D eigenvalue weighted by Gasteiger charge is 2.27. The molecule has 0 bridgehead atoms. The maximum absolute atomic E-state index is 11.4. The minimum atomic E-state index is -0.925. The number of pyridine rings is 1. The van der Waals surface area contributed by atoms with Gasteiger partial charge in [0, 0.05) is 22.0 Å². The third-order valence-electron chi connectivity index (χ3n) is 3.31. The zero-order valence-electron chi connectivity index (χ0n) is 9.90. The van der Waals surface area contributed by atoms with Gasteiger partial charge < -0.3 is 5.11 Å². The molecule has 0 saturated heterocycles. The average molecular weight is 262 g/mol. The summed E-state index contributed by atoms with van der Waals surface area (Å²) in [7, 11) is 0. The van der Waals surface area contributed by atoms with Crippen LogP contribution in [0.4, 0.5) is 0 Å². The molecular weight excluding hydrogens is 250 g/mol. The molecule has 3 nitrogen and oxygen atoms in total. The Balaban J connectivity index is 2.37. The standard InChI is InChI=1S/C14H12ClNO2/c1-7-4-9(15)5-10-11(14(17)18)6-12(8-2-3-8)16-13(7)10/h4-6,8H,2-3H2,1H3,(H,17,18). The highest BCUT2D eigenvalue weighted by Crippen LogP contribution is 2.40. The average Bonchev–Trinajstić information content (AvgIpc) is 3.11. The van der Waals surface area contributed by atoms with Gasteiger partial charge in [-0.3, -0.25) is 4.98 Å². The molecule has 1 saturated carbocycles. The number of hydrogen-bond acceptors (Lipinski definition) is 2. The molecule has 0 unspecified atom stereocenters. The predicted molar refractivity (Wildman–Crippen MR) is 70.4 cm³/mol. The summed E-state index contributed by atoms with van der Waals surface area (Å²) in [4.78, 5) is 16.0. The van der Waals surface area contributed by atoms with E-state index in [1.165, 1.54) is 0 Å². The Hall–Kier alpha value is -1.61. The monoisotopic (exact) mass is 261 g/mol. The van der Waals surface area contributed by atoms with Crippen molar-refractivity contribution in [1.29, 1.82) is 0 Å². The van der Waals surface area contributed by atoms with Crippen LogP contribution in [0.25, 0.3) is 10.9 Å². The molecule has 1 N–H and O–H groups in total. The van der Waals surface area contributed by atoms with Gasteiger partial charge in [-0.05, 0) is 43.5 Å². The summed E-state index contributed by atoms with van der Waals surface area (Å²) in [6.45, 7) is 1.91. The lowest BCUT2D eigenvalue weighted by atomic mass is 10.0. The molecule has 18 heavy (non-hydrogen) atoms. The van der Waals surface area contributed by atoms with Gasteiger partial charge in [-0.15, -0.1) is 0 Å². The molecule has 1 aliphatic carbocycles. The number of rotatable bonds is 2. The molecule has 1 aromatic heterocycles. The van der Waals surface area contributed by atoms with Crippen molar-refractivity contribution < 1.29 is 9.90 Å². The summed E-state index contributed by atoms with van der Waals surface area (Å²) in [5.74, 6) is -0.492. The van der Waals surface area contributed by atoms with Gasteiger partial charge in [0.15, 0.2) is 0 Å². The molecule has 4 heteroatoms. The van der Waals surface area contributed by atoms with Crippen molar-refractivity contribution in [2.75, 3.05) is 0 Å². The molecule has 0 atom stereocenters. The Kier molecular flexibility index (Phi) is 2.52. The van der Waals surface area contributed by atoms with Gasteiger partial charge in [0.2, 0.25) is 0 Å². The molecule has 0 radical (unpaired) electrons. The number of benzene rings is 1. The van der Waals surface area contributed by atoms with E-state index in [1.54, 1.807) is 12.1 Å². The number of nitrogens with zero attached hydrogens (tertiary/aromatic N) is 1. The first-order chi connectivity index (χ1) is 8.56. The van der Waals surface area contributed by atoms with Gasteiger partial charge in [0.05, 0.1) is 11.1 Å². The van der Waals surface area contributed by atoms with Crippen LogP contribution >= 0.6 is 11.6 Å². The van der Waals surface area contributed by atoms with E-state index in [4.69, 9.17) is 11.6 Å². The maximum Gasteiger partial charge on any atom is 0.336 e. The fourth-order valence-corrected chi connectivity index (χ4v) is 2.51. The number of aromatic carboxylic acids is 1. The van der Waals surface area contributed by atoms with Crippen LogP contribution in [-0.2, 0) is 0 Å². The fraction of sp³-hybridized carbons (Fsp3) is 0.286. The van der Waals surface area contributed by atoms with E-state index >= 15 is 0 Å². The zero-order valence-corrected chi connectivity index (χ0v) is 10.7. The van der Waals surface area contributed by atoms with Crippen LogP contribution in [0.5, 0.6) is 0 Å². The molecule has 2 aromatic rings. The number of aromatic nitrogens is 1. The number of carboxylic acids is 1. The van der Waals surface area contributed by atoms with Gasteiger partial charge in [-0.25, -0.2) is 4.79 Å². The van der Waals surface area contributed by atoms with Crippen LogP contribution in [-0.4, -0.2) is 16.1 Å². The van der Waals surface area contributed by atoms with Crippen LogP contribution in [0.3, 0.4) is 0 Å². The number of aryl methyl sites for hydroxylation is 1. The van der Waals surface area contributed by atoms with Gasteiger partial charge in [0.25, 0.3) is 0 Å². The quantitative estimate of drug-likeness (QED) is 0.895. The molecule has 1 fully saturated rings. The highest BCUT2D eigenvalue weighted by molar-refractivity contribution is 6.31. The molecular formula is C14H12ClNO2. The van der Waals surface area contributed by atoms with Crippen molar-refractivity contribution in [2.24, 2.45) is 0 Å². The minimum Gasteiger partial charge on any atom is -0.478 e. The number of halogens is 1. The molecule has 0 spiro atoms. The van der Waals surface area contributed by atoms with Crippen molar-refractivity contribution in [3.8, 4) is 0 Å². The van der Waals surface area contributed by atoms with Crippen molar-refractivity contribution in [2.45, 2.75) is 25.7 Å². The van der Waals surface area contributed by atoms with Crippen LogP contribution in [0.15, 0.2) is 18.2 Å². The molecule has 1 aliphatic rings. The normalized spacial score (nSPS) is 15.0. The Morgan fingerprint density at radius 2 is 2.11 bits per heavy atom. The first kappa shape index (κ1) is 11.5. The molecule has 1 aromatic carbocycles. The first-order valence-corrected chi connectivity index (χ1v) is 6.28. The van der Waals surface area contributed by atoms with Crippen molar-refractivity contribution in [3.63, 3.8) is 0 Å². The van der Waals surface area contributed by atoms with E-state index in [-0.39, 0.29) is 0 Å². The lowest BCUT2D eigenvalue weighted by Gasteiger charge is -2.09. The summed E-state index contributed by atoms with van der Waals surface area (Å²) in [6.07, 6.45) is 2.20. The van der Waals surface area contributed by atoms with E-state index in [1.807, 2.05) is 13.0 Å². The van der Waals surface area contributed by atoms with E-state index in [2.05, 4.69) is 4.98 Å². The third-order valence-corrected chi connectivity index (χ3v) is 3.53. The first-order valence-electron chi connectivity index (χ1n) is 5.90. The zero-order chi connectivity index (χ0) is 12.9. The Bertz CT molecular complexity index is 662. The Labute approximate surface area is 109 Å². The summed E-state index contributed by atoms with van der Waals surface area (Å²) in [6, 6.07) is 5.19. The van der Waals surface area contributed by atoms with Gasteiger partial charge in [-0.2, -0.15) is 0 Å². The van der Waals surface area contributed by atoms with Crippen LogP contribution in [0.1, 0.15) is 40.4 Å². The van der Waals surface area contributed by atoms with E-state index in [9.17, 15) is 9.90 Å². The van der Waals surface area contributed by atoms with Crippen LogP contribution in [0, 0.1) is 6.92 Å². The van der Waals surface area contributed by atoms with E-state index in [0.29, 0.717) is 21.9 Å². The van der Waals surface area contributed by atoms with Gasteiger partial charge >= 0.3 is 5.97 Å². The lowest BCUT2D eigenvalue weighted by molar-refractivity contribution is 0.0699. The topological polar surface area (TPSA) is 50.2 Å². The number of carboxylic acid groups (broad SMARTS) is 1. The second-order valence-corrected chi connectivity index (χ2v) is 5.23. The Morgan fingerprint density at radius 1 is 1.39 bits per heavy atom. The van der Waals surface area contributed by atoms with Crippen LogP contribution < -0.4 is 0 Å². The summed E-state index contributed by atoms with van der Waals surface area (Å²) >= 11 is 5.99. The minimum absolute atomic E-state index is 0.299. The van der Waals surface area contributed by atoms with Crippen LogP contribution in [0.2, 0.25) is 5.02 Å². The number of fused-ring (bicyclic) bond motifs is 1. The fourth-order valence-electron chi connectivity index (χ4n) is 2.24. The smallest absolute Gasteiger partial charge is 0.336 e. The molecule has 92 valence electrons. The van der Waals surface area contributed by atoms with Crippen molar-refractivity contribution >= 4 is 28.5 Å². The van der Waals surface area contributed by atoms with Gasteiger partial charge in [0.1, 0.15) is 0 Å². The highest BCUT2D eigenvalue weighted by atomic mass is 35.5. The lowest BCUT2D eigenvalue weighted by Crippen LogP contribution is -2.02. The summed E-state index contributed by atoms with van der Waals surface area (Å²) in [5, 5.41) is 10.5. The molecule has 0 amide bonds. The summed E-state index contributed by atoms with van der Waals surface area (Å²) in [5.41, 5.74) is 2.86. The molecule has 0 aliphatic heterocycles. The maximum atomic E-state index is 11.4. The molecule has 3 rings (SSSR count).